The van der Waals surface area contributed by atoms with Crippen LogP contribution in [0, 0.1) is 0 Å². The van der Waals surface area contributed by atoms with Gasteiger partial charge in [-0.15, -0.1) is 0 Å². The van der Waals surface area contributed by atoms with E-state index in [-0.39, 0.29) is 31.1 Å². The normalized spacial score (nSPS) is 12.3. The number of carbonyl (C=O) groups is 3. The van der Waals surface area contributed by atoms with Gasteiger partial charge in [0, 0.05) is 19.3 Å². The van der Waals surface area contributed by atoms with Gasteiger partial charge < -0.3 is 14.2 Å². The summed E-state index contributed by atoms with van der Waals surface area (Å²) in [7, 11) is 0. The van der Waals surface area contributed by atoms with Gasteiger partial charge in [-0.05, 0) is 51.4 Å². The molecule has 0 saturated carbocycles. The van der Waals surface area contributed by atoms with Crippen molar-refractivity contribution in [1.29, 1.82) is 0 Å². The summed E-state index contributed by atoms with van der Waals surface area (Å²) in [5, 5.41) is 0. The van der Waals surface area contributed by atoms with Crippen LogP contribution >= 0.6 is 0 Å². The second-order valence-electron chi connectivity index (χ2n) is 16.7. The molecule has 0 fully saturated rings. The first kappa shape index (κ1) is 55.6. The Morgan fingerprint density at radius 2 is 0.672 bits per heavy atom. The van der Waals surface area contributed by atoms with E-state index in [2.05, 4.69) is 57.2 Å². The highest BCUT2D eigenvalue weighted by molar-refractivity contribution is 5.71. The Labute approximate surface area is 359 Å². The summed E-state index contributed by atoms with van der Waals surface area (Å²) in [4.78, 5) is 37.8. The van der Waals surface area contributed by atoms with Crippen LogP contribution in [0.15, 0.2) is 36.5 Å². The zero-order valence-corrected chi connectivity index (χ0v) is 38.6. The lowest BCUT2D eigenvalue weighted by atomic mass is 10.0. The van der Waals surface area contributed by atoms with Crippen molar-refractivity contribution in [2.45, 2.75) is 264 Å². The summed E-state index contributed by atoms with van der Waals surface area (Å²) >= 11 is 0. The number of allylic oxidation sites excluding steroid dienone is 6. The highest BCUT2D eigenvalue weighted by Crippen LogP contribution is 2.16. The maximum atomic E-state index is 12.8. The molecular formula is C52H94O6. The van der Waals surface area contributed by atoms with E-state index in [0.717, 1.165) is 83.5 Å². The summed E-state index contributed by atoms with van der Waals surface area (Å²) < 4.78 is 16.7. The Balaban J connectivity index is 4.29. The van der Waals surface area contributed by atoms with Gasteiger partial charge in [-0.25, -0.2) is 0 Å². The molecule has 0 aromatic carbocycles. The predicted molar refractivity (Wildman–Crippen MR) is 247 cm³/mol. The molecular weight excluding hydrogens is 721 g/mol. The Kier molecular flexibility index (Phi) is 45.4. The first-order chi connectivity index (χ1) is 28.5. The lowest BCUT2D eigenvalue weighted by molar-refractivity contribution is -0.167. The van der Waals surface area contributed by atoms with E-state index in [9.17, 15) is 14.4 Å². The van der Waals surface area contributed by atoms with Crippen molar-refractivity contribution < 1.29 is 28.6 Å². The Morgan fingerprint density at radius 1 is 0.362 bits per heavy atom. The maximum Gasteiger partial charge on any atom is 0.306 e. The highest BCUT2D eigenvalue weighted by atomic mass is 16.6. The van der Waals surface area contributed by atoms with Crippen LogP contribution in [-0.2, 0) is 28.6 Å². The smallest absolute Gasteiger partial charge is 0.306 e. The lowest BCUT2D eigenvalue weighted by Crippen LogP contribution is -2.30. The van der Waals surface area contributed by atoms with Crippen LogP contribution in [0.5, 0.6) is 0 Å². The molecule has 338 valence electrons. The average Bonchev–Trinajstić information content (AvgIpc) is 3.22. The monoisotopic (exact) mass is 815 g/mol. The highest BCUT2D eigenvalue weighted by Gasteiger charge is 2.19. The van der Waals surface area contributed by atoms with Gasteiger partial charge in [0.25, 0.3) is 0 Å². The van der Waals surface area contributed by atoms with Gasteiger partial charge >= 0.3 is 17.9 Å². The van der Waals surface area contributed by atoms with Gasteiger partial charge in [0.15, 0.2) is 6.10 Å². The van der Waals surface area contributed by atoms with Crippen molar-refractivity contribution >= 4 is 17.9 Å². The first-order valence-corrected chi connectivity index (χ1v) is 25.0. The molecule has 0 bridgehead atoms. The third kappa shape index (κ3) is 44.7. The molecule has 0 rings (SSSR count). The number of hydrogen-bond acceptors (Lipinski definition) is 6. The van der Waals surface area contributed by atoms with Crippen LogP contribution in [0.1, 0.15) is 258 Å². The van der Waals surface area contributed by atoms with Crippen molar-refractivity contribution in [1.82, 2.24) is 0 Å². The van der Waals surface area contributed by atoms with E-state index in [4.69, 9.17) is 14.2 Å². The van der Waals surface area contributed by atoms with Gasteiger partial charge in [0.05, 0.1) is 0 Å². The standard InChI is InChI=1S/C52H94O6/c1-4-7-10-13-16-19-21-23-25-26-28-29-31-33-36-39-42-45-51(54)57-48-49(47-56-50(53)44-41-38-35-18-15-12-9-6-3)58-52(55)46-43-40-37-34-32-30-27-24-22-20-17-14-11-8-5-2/h7,10,16,19,23,25,49H,4-6,8-9,11-15,17-18,20-22,24,26-48H2,1-3H3/b10-7-,19-16-,25-23-. The van der Waals surface area contributed by atoms with E-state index in [1.807, 2.05) is 0 Å². The third-order valence-electron chi connectivity index (χ3n) is 10.9. The molecule has 1 unspecified atom stereocenters. The molecule has 6 heteroatoms. The van der Waals surface area contributed by atoms with E-state index in [1.54, 1.807) is 0 Å². The fourth-order valence-electron chi connectivity index (χ4n) is 7.16. The molecule has 0 aliphatic carbocycles. The van der Waals surface area contributed by atoms with Crippen LogP contribution in [0.25, 0.3) is 0 Å². The molecule has 0 aliphatic heterocycles. The van der Waals surface area contributed by atoms with Crippen LogP contribution < -0.4 is 0 Å². The average molecular weight is 815 g/mol. The Morgan fingerprint density at radius 3 is 1.05 bits per heavy atom. The molecule has 0 aromatic heterocycles. The summed E-state index contributed by atoms with van der Waals surface area (Å²) in [6.07, 6.45) is 54.2. The van der Waals surface area contributed by atoms with Crippen molar-refractivity contribution in [3.8, 4) is 0 Å². The number of hydrogen-bond donors (Lipinski definition) is 0. The molecule has 0 heterocycles. The predicted octanol–water partition coefficient (Wildman–Crippen LogP) is 16.1. The minimum absolute atomic E-state index is 0.0719. The van der Waals surface area contributed by atoms with Crippen LogP contribution in [0.2, 0.25) is 0 Å². The summed E-state index contributed by atoms with van der Waals surface area (Å²) in [5.74, 6) is -0.877. The Hall–Kier alpha value is -2.37. The van der Waals surface area contributed by atoms with Gasteiger partial charge in [-0.3, -0.25) is 14.4 Å². The quantitative estimate of drug-likeness (QED) is 0.0264. The van der Waals surface area contributed by atoms with Crippen LogP contribution in [0.3, 0.4) is 0 Å². The maximum absolute atomic E-state index is 12.8. The third-order valence-corrected chi connectivity index (χ3v) is 10.9. The molecule has 6 nitrogen and oxygen atoms in total. The summed E-state index contributed by atoms with van der Waals surface area (Å²) in [5.41, 5.74) is 0. The van der Waals surface area contributed by atoms with Crippen LogP contribution in [-0.4, -0.2) is 37.2 Å². The van der Waals surface area contributed by atoms with Crippen molar-refractivity contribution in [3.05, 3.63) is 36.5 Å². The molecule has 0 radical (unpaired) electrons. The topological polar surface area (TPSA) is 78.9 Å². The molecule has 0 N–H and O–H groups in total. The fourth-order valence-corrected chi connectivity index (χ4v) is 7.16. The van der Waals surface area contributed by atoms with E-state index < -0.39 is 6.10 Å². The Bertz CT molecular complexity index is 984. The molecule has 58 heavy (non-hydrogen) atoms. The molecule has 0 saturated heterocycles. The van der Waals surface area contributed by atoms with Crippen molar-refractivity contribution in [2.75, 3.05) is 13.2 Å². The van der Waals surface area contributed by atoms with E-state index >= 15 is 0 Å². The van der Waals surface area contributed by atoms with Gasteiger partial charge in [0.1, 0.15) is 13.2 Å². The zero-order valence-electron chi connectivity index (χ0n) is 38.6. The molecule has 0 spiro atoms. The second kappa shape index (κ2) is 47.3. The SMILES string of the molecule is CC/C=C\C/C=C\C/C=C\CCCCCCCCCC(=O)OCC(COC(=O)CCCCCCCCCC)OC(=O)CCCCCCCCCCCCCCCCC. The van der Waals surface area contributed by atoms with E-state index in [0.29, 0.717) is 19.3 Å². The molecule has 0 aliphatic rings. The minimum atomic E-state index is -0.769. The van der Waals surface area contributed by atoms with Crippen molar-refractivity contribution in [3.63, 3.8) is 0 Å². The molecule has 0 aromatic rings. The largest absolute Gasteiger partial charge is 0.462 e. The summed E-state index contributed by atoms with van der Waals surface area (Å²) in [6, 6.07) is 0. The number of ether oxygens (including phenoxy) is 3. The fraction of sp³-hybridized carbons (Fsp3) is 0.827. The number of rotatable bonds is 45. The number of unbranched alkanes of at least 4 members (excludes halogenated alkanes) is 28. The first-order valence-electron chi connectivity index (χ1n) is 25.0. The van der Waals surface area contributed by atoms with E-state index in [1.165, 1.54) is 135 Å². The number of esters is 3. The van der Waals surface area contributed by atoms with Crippen molar-refractivity contribution in [2.24, 2.45) is 0 Å². The molecule has 1 atom stereocenters. The summed E-state index contributed by atoms with van der Waals surface area (Å²) in [6.45, 7) is 6.51. The van der Waals surface area contributed by atoms with Gasteiger partial charge in [-0.1, -0.05) is 224 Å². The lowest BCUT2D eigenvalue weighted by Gasteiger charge is -2.18. The number of carbonyl (C=O) groups excluding carboxylic acids is 3. The van der Waals surface area contributed by atoms with Gasteiger partial charge in [-0.2, -0.15) is 0 Å². The van der Waals surface area contributed by atoms with Gasteiger partial charge in [0.2, 0.25) is 0 Å². The second-order valence-corrected chi connectivity index (χ2v) is 16.7. The minimum Gasteiger partial charge on any atom is -0.462 e. The van der Waals surface area contributed by atoms with Crippen LogP contribution in [0.4, 0.5) is 0 Å². The molecule has 0 amide bonds. The zero-order chi connectivity index (χ0) is 42.3.